The lowest BCUT2D eigenvalue weighted by Crippen LogP contribution is -2.12. The van der Waals surface area contributed by atoms with Crippen LogP contribution in [-0.4, -0.2) is 32.3 Å². The molecule has 0 unspecified atom stereocenters. The van der Waals surface area contributed by atoms with E-state index >= 15 is 0 Å². The first-order valence-electron chi connectivity index (χ1n) is 4.37. The molecular weight excluding hydrogens is 154 g/mol. The van der Waals surface area contributed by atoms with Gasteiger partial charge in [0.15, 0.2) is 0 Å². The average molecular weight is 171 g/mol. The van der Waals surface area contributed by atoms with Crippen molar-refractivity contribution in [3.63, 3.8) is 0 Å². The highest BCUT2D eigenvalue weighted by atomic mass is 16.7. The van der Waals surface area contributed by atoms with E-state index < -0.39 is 0 Å². The molecule has 0 radical (unpaired) electrons. The van der Waals surface area contributed by atoms with Crippen LogP contribution in [0.15, 0.2) is 12.0 Å². The summed E-state index contributed by atoms with van der Waals surface area (Å²) in [7, 11) is 4.18. The van der Waals surface area contributed by atoms with Gasteiger partial charge in [-0.3, -0.25) is 0 Å². The third kappa shape index (κ3) is 3.62. The molecule has 0 atom stereocenters. The van der Waals surface area contributed by atoms with Gasteiger partial charge in [0, 0.05) is 6.42 Å². The maximum Gasteiger partial charge on any atom is 0.229 e. The second kappa shape index (κ2) is 5.04. The Morgan fingerprint density at radius 2 is 2.25 bits per heavy atom. The Morgan fingerprint density at radius 3 is 2.83 bits per heavy atom. The number of allylic oxidation sites excluding steroid dienone is 1. The normalized spacial score (nSPS) is 15.8. The predicted octanol–water partition coefficient (Wildman–Crippen LogP) is 1.56. The minimum absolute atomic E-state index is 0.406. The van der Waals surface area contributed by atoms with E-state index in [1.165, 1.54) is 12.8 Å². The SMILES string of the molecule is CN(C)CCCCC1=COCO1. The van der Waals surface area contributed by atoms with Gasteiger partial charge in [-0.2, -0.15) is 0 Å². The first-order valence-corrected chi connectivity index (χ1v) is 4.37. The largest absolute Gasteiger partial charge is 0.462 e. The molecule has 0 aromatic rings. The highest BCUT2D eigenvalue weighted by Crippen LogP contribution is 2.13. The standard InChI is InChI=1S/C9H17NO2/c1-10(2)6-4-3-5-9-7-11-8-12-9/h7H,3-6,8H2,1-2H3. The molecule has 70 valence electrons. The fraction of sp³-hybridized carbons (Fsp3) is 0.778. The maximum atomic E-state index is 5.19. The zero-order valence-corrected chi connectivity index (χ0v) is 7.88. The Labute approximate surface area is 74.0 Å². The minimum atomic E-state index is 0.406. The fourth-order valence-electron chi connectivity index (χ4n) is 1.13. The third-order valence-electron chi connectivity index (χ3n) is 1.81. The summed E-state index contributed by atoms with van der Waals surface area (Å²) >= 11 is 0. The van der Waals surface area contributed by atoms with Crippen molar-refractivity contribution in [1.29, 1.82) is 0 Å². The van der Waals surface area contributed by atoms with Crippen LogP contribution in [0.3, 0.4) is 0 Å². The van der Waals surface area contributed by atoms with Gasteiger partial charge in [0.2, 0.25) is 6.79 Å². The zero-order chi connectivity index (χ0) is 8.81. The lowest BCUT2D eigenvalue weighted by molar-refractivity contribution is 0.0775. The van der Waals surface area contributed by atoms with E-state index in [-0.39, 0.29) is 0 Å². The molecule has 1 rings (SSSR count). The van der Waals surface area contributed by atoms with Gasteiger partial charge in [-0.15, -0.1) is 0 Å². The topological polar surface area (TPSA) is 21.7 Å². The maximum absolute atomic E-state index is 5.19. The van der Waals surface area contributed by atoms with Crippen molar-refractivity contribution >= 4 is 0 Å². The lowest BCUT2D eigenvalue weighted by Gasteiger charge is -2.08. The van der Waals surface area contributed by atoms with E-state index in [4.69, 9.17) is 9.47 Å². The molecule has 0 saturated carbocycles. The minimum Gasteiger partial charge on any atom is -0.462 e. The number of unbranched alkanes of at least 4 members (excludes halogenated alkanes) is 1. The van der Waals surface area contributed by atoms with E-state index in [0.29, 0.717) is 6.79 Å². The van der Waals surface area contributed by atoms with E-state index in [9.17, 15) is 0 Å². The van der Waals surface area contributed by atoms with E-state index in [1.54, 1.807) is 6.26 Å². The van der Waals surface area contributed by atoms with Crippen molar-refractivity contribution in [3.8, 4) is 0 Å². The van der Waals surface area contributed by atoms with Crippen molar-refractivity contribution < 1.29 is 9.47 Å². The van der Waals surface area contributed by atoms with Gasteiger partial charge in [-0.05, 0) is 33.5 Å². The van der Waals surface area contributed by atoms with Crippen LogP contribution in [0.5, 0.6) is 0 Å². The van der Waals surface area contributed by atoms with Crippen molar-refractivity contribution in [1.82, 2.24) is 4.90 Å². The molecule has 0 aromatic carbocycles. The molecule has 3 heteroatoms. The van der Waals surface area contributed by atoms with Gasteiger partial charge in [0.05, 0.1) is 0 Å². The van der Waals surface area contributed by atoms with E-state index in [2.05, 4.69) is 19.0 Å². The van der Waals surface area contributed by atoms with Gasteiger partial charge in [-0.25, -0.2) is 0 Å². The molecule has 12 heavy (non-hydrogen) atoms. The molecule has 0 fully saturated rings. The van der Waals surface area contributed by atoms with Crippen LogP contribution < -0.4 is 0 Å². The smallest absolute Gasteiger partial charge is 0.229 e. The molecule has 1 heterocycles. The van der Waals surface area contributed by atoms with E-state index in [1.807, 2.05) is 0 Å². The predicted molar refractivity (Wildman–Crippen MR) is 47.5 cm³/mol. The van der Waals surface area contributed by atoms with Crippen LogP contribution in [0, 0.1) is 0 Å². The monoisotopic (exact) mass is 171 g/mol. The molecule has 0 bridgehead atoms. The molecule has 0 N–H and O–H groups in total. The molecule has 0 aromatic heterocycles. The van der Waals surface area contributed by atoms with Crippen LogP contribution in [0.25, 0.3) is 0 Å². The molecule has 3 nitrogen and oxygen atoms in total. The van der Waals surface area contributed by atoms with Crippen molar-refractivity contribution in [2.24, 2.45) is 0 Å². The Kier molecular flexibility index (Phi) is 3.94. The fourth-order valence-corrected chi connectivity index (χ4v) is 1.13. The zero-order valence-electron chi connectivity index (χ0n) is 7.88. The summed E-state index contributed by atoms with van der Waals surface area (Å²) in [5, 5.41) is 0. The van der Waals surface area contributed by atoms with Crippen LogP contribution in [0.2, 0.25) is 0 Å². The summed E-state index contributed by atoms with van der Waals surface area (Å²) in [6.45, 7) is 1.55. The quantitative estimate of drug-likeness (QED) is 0.586. The molecule has 0 spiro atoms. The molecule has 1 aliphatic rings. The second-order valence-electron chi connectivity index (χ2n) is 3.27. The number of ether oxygens (including phenoxy) is 2. The van der Waals surface area contributed by atoms with Crippen LogP contribution >= 0.6 is 0 Å². The van der Waals surface area contributed by atoms with Gasteiger partial charge in [0.1, 0.15) is 12.0 Å². The highest BCUT2D eigenvalue weighted by molar-refractivity contribution is 4.89. The Morgan fingerprint density at radius 1 is 1.42 bits per heavy atom. The average Bonchev–Trinajstić information content (AvgIpc) is 2.49. The molecular formula is C9H17NO2. The first-order chi connectivity index (χ1) is 5.79. The lowest BCUT2D eigenvalue weighted by atomic mass is 10.2. The summed E-state index contributed by atoms with van der Waals surface area (Å²) < 4.78 is 10.1. The van der Waals surface area contributed by atoms with Crippen molar-refractivity contribution in [3.05, 3.63) is 12.0 Å². The van der Waals surface area contributed by atoms with Gasteiger partial charge >= 0.3 is 0 Å². The van der Waals surface area contributed by atoms with Crippen molar-refractivity contribution in [2.75, 3.05) is 27.4 Å². The molecule has 0 aliphatic carbocycles. The molecule has 0 amide bonds. The Bertz CT molecular complexity index is 155. The van der Waals surface area contributed by atoms with Crippen LogP contribution in [0.4, 0.5) is 0 Å². The first kappa shape index (κ1) is 9.39. The summed E-state index contributed by atoms with van der Waals surface area (Å²) in [6.07, 6.45) is 5.12. The number of rotatable bonds is 5. The Hall–Kier alpha value is -0.700. The van der Waals surface area contributed by atoms with Crippen LogP contribution in [-0.2, 0) is 9.47 Å². The summed E-state index contributed by atoms with van der Waals surface area (Å²) in [5.41, 5.74) is 0. The summed E-state index contributed by atoms with van der Waals surface area (Å²) in [6, 6.07) is 0. The summed E-state index contributed by atoms with van der Waals surface area (Å²) in [4.78, 5) is 2.19. The highest BCUT2D eigenvalue weighted by Gasteiger charge is 2.04. The second-order valence-corrected chi connectivity index (χ2v) is 3.27. The Balaban J connectivity index is 1.95. The van der Waals surface area contributed by atoms with E-state index in [0.717, 1.165) is 18.7 Å². The molecule has 1 aliphatic heterocycles. The number of hydrogen-bond acceptors (Lipinski definition) is 3. The van der Waals surface area contributed by atoms with Crippen LogP contribution in [0.1, 0.15) is 19.3 Å². The summed E-state index contributed by atoms with van der Waals surface area (Å²) in [5.74, 6) is 0.994. The third-order valence-corrected chi connectivity index (χ3v) is 1.81. The number of nitrogens with zero attached hydrogens (tertiary/aromatic N) is 1. The molecule has 0 saturated heterocycles. The van der Waals surface area contributed by atoms with Gasteiger partial charge in [0.25, 0.3) is 0 Å². The van der Waals surface area contributed by atoms with Gasteiger partial charge < -0.3 is 14.4 Å². The van der Waals surface area contributed by atoms with Crippen molar-refractivity contribution in [2.45, 2.75) is 19.3 Å². The number of hydrogen-bond donors (Lipinski definition) is 0. The van der Waals surface area contributed by atoms with Gasteiger partial charge in [-0.1, -0.05) is 0 Å².